The molecule has 0 radical (unpaired) electrons. The predicted molar refractivity (Wildman–Crippen MR) is 128 cm³/mol. The van der Waals surface area contributed by atoms with E-state index in [1.807, 2.05) is 4.90 Å². The van der Waals surface area contributed by atoms with Crippen LogP contribution in [0.15, 0.2) is 0 Å². The Kier molecular flexibility index (Phi) is 9.14. The van der Waals surface area contributed by atoms with E-state index in [0.717, 1.165) is 70.5 Å². The topological polar surface area (TPSA) is 103 Å². The standard InChI is InChI=1S/C22H40N8O/c1-3-5-9-24-22-26-20(23)19-21(27-22)30(18(17-31)25-19)12-8-7-11-29-15-13-28(14-16-29)10-6-4-2/h17-18,25H,3-16H2,1-2H3,(H3,23,24,26,27). The molecule has 3 heterocycles. The summed E-state index contributed by atoms with van der Waals surface area (Å²) in [6.07, 6.45) is 7.31. The lowest BCUT2D eigenvalue weighted by Gasteiger charge is -2.34. The van der Waals surface area contributed by atoms with E-state index < -0.39 is 6.17 Å². The molecule has 4 N–H and O–H groups in total. The second-order valence-corrected chi connectivity index (χ2v) is 8.57. The molecule has 1 aromatic rings. The zero-order valence-corrected chi connectivity index (χ0v) is 19.3. The SMILES string of the molecule is CCCCNc1nc(N)c2c(n1)N(CCCCN1CCN(CCCC)CC1)C(C=O)N2. The molecule has 2 aliphatic rings. The van der Waals surface area contributed by atoms with E-state index in [9.17, 15) is 4.79 Å². The van der Waals surface area contributed by atoms with Gasteiger partial charge in [-0.1, -0.05) is 26.7 Å². The van der Waals surface area contributed by atoms with E-state index in [4.69, 9.17) is 5.73 Å². The number of carbonyl (C=O) groups is 1. The molecule has 1 aromatic heterocycles. The molecule has 31 heavy (non-hydrogen) atoms. The van der Waals surface area contributed by atoms with Crippen LogP contribution in [0.5, 0.6) is 0 Å². The lowest BCUT2D eigenvalue weighted by atomic mass is 10.2. The molecule has 2 aliphatic heterocycles. The Bertz CT molecular complexity index is 692. The van der Waals surface area contributed by atoms with Gasteiger partial charge < -0.3 is 31.1 Å². The van der Waals surface area contributed by atoms with E-state index in [-0.39, 0.29) is 0 Å². The van der Waals surface area contributed by atoms with Crippen molar-refractivity contribution >= 4 is 29.6 Å². The van der Waals surface area contributed by atoms with Crippen molar-refractivity contribution in [1.29, 1.82) is 0 Å². The van der Waals surface area contributed by atoms with Gasteiger partial charge in [-0.3, -0.25) is 4.79 Å². The Labute approximate surface area is 186 Å². The minimum atomic E-state index is -0.431. The molecular weight excluding hydrogens is 392 g/mol. The molecular formula is C22H40N8O. The van der Waals surface area contributed by atoms with Crippen LogP contribution in [0, 0.1) is 0 Å². The molecule has 174 valence electrons. The number of hydrogen-bond donors (Lipinski definition) is 3. The zero-order valence-electron chi connectivity index (χ0n) is 19.3. The summed E-state index contributed by atoms with van der Waals surface area (Å²) in [5.41, 5.74) is 6.81. The fraction of sp³-hybridized carbons (Fsp3) is 0.773. The summed E-state index contributed by atoms with van der Waals surface area (Å²) in [5.74, 6) is 1.65. The van der Waals surface area contributed by atoms with Crippen LogP contribution in [0.4, 0.5) is 23.3 Å². The highest BCUT2D eigenvalue weighted by Crippen LogP contribution is 2.37. The van der Waals surface area contributed by atoms with Gasteiger partial charge in [0, 0.05) is 39.3 Å². The minimum Gasteiger partial charge on any atom is -0.382 e. The number of nitrogens with zero attached hydrogens (tertiary/aromatic N) is 5. The molecule has 0 saturated carbocycles. The normalized spacial score (nSPS) is 19.3. The van der Waals surface area contributed by atoms with E-state index in [2.05, 4.69) is 44.2 Å². The number of nitrogens with two attached hydrogens (primary N) is 1. The first-order valence-electron chi connectivity index (χ1n) is 12.0. The maximum Gasteiger partial charge on any atom is 0.226 e. The maximum absolute atomic E-state index is 11.7. The number of unbranched alkanes of at least 4 members (excludes halogenated alkanes) is 3. The van der Waals surface area contributed by atoms with Gasteiger partial charge in [0.2, 0.25) is 5.95 Å². The number of aldehydes is 1. The van der Waals surface area contributed by atoms with E-state index in [1.54, 1.807) is 0 Å². The van der Waals surface area contributed by atoms with Gasteiger partial charge in [-0.2, -0.15) is 9.97 Å². The summed E-state index contributed by atoms with van der Waals surface area (Å²) >= 11 is 0. The van der Waals surface area contributed by atoms with Crippen LogP contribution in [0.2, 0.25) is 0 Å². The van der Waals surface area contributed by atoms with Crippen molar-refractivity contribution in [1.82, 2.24) is 19.8 Å². The van der Waals surface area contributed by atoms with Gasteiger partial charge in [0.1, 0.15) is 5.69 Å². The number of fused-ring (bicyclic) bond motifs is 1. The van der Waals surface area contributed by atoms with Crippen molar-refractivity contribution in [3.8, 4) is 0 Å². The quantitative estimate of drug-likeness (QED) is 0.320. The minimum absolute atomic E-state index is 0.388. The van der Waals surface area contributed by atoms with Crippen LogP contribution in [-0.2, 0) is 4.79 Å². The third-order valence-electron chi connectivity index (χ3n) is 6.18. The molecule has 9 nitrogen and oxygen atoms in total. The number of carbonyl (C=O) groups excluding carboxylic acids is 1. The summed E-state index contributed by atoms with van der Waals surface area (Å²) < 4.78 is 0. The first-order chi connectivity index (χ1) is 15.2. The molecule has 0 amide bonds. The molecule has 0 aromatic carbocycles. The van der Waals surface area contributed by atoms with Crippen LogP contribution >= 0.6 is 0 Å². The van der Waals surface area contributed by atoms with Gasteiger partial charge in [-0.05, 0) is 38.8 Å². The number of anilines is 4. The Balaban J connectivity index is 1.48. The average molecular weight is 433 g/mol. The van der Waals surface area contributed by atoms with Gasteiger partial charge in [0.05, 0.1) is 0 Å². The Hall–Kier alpha value is -2.13. The van der Waals surface area contributed by atoms with E-state index in [1.165, 1.54) is 32.5 Å². The number of nitrogen functional groups attached to an aromatic ring is 1. The fourth-order valence-electron chi connectivity index (χ4n) is 4.21. The summed E-state index contributed by atoms with van der Waals surface area (Å²) in [6, 6.07) is 0. The summed E-state index contributed by atoms with van der Waals surface area (Å²) in [7, 11) is 0. The monoisotopic (exact) mass is 432 g/mol. The van der Waals surface area contributed by atoms with E-state index in [0.29, 0.717) is 17.5 Å². The second-order valence-electron chi connectivity index (χ2n) is 8.57. The molecule has 1 fully saturated rings. The highest BCUT2D eigenvalue weighted by molar-refractivity contribution is 5.88. The highest BCUT2D eigenvalue weighted by Gasteiger charge is 2.32. The summed E-state index contributed by atoms with van der Waals surface area (Å²) in [4.78, 5) is 27.8. The number of rotatable bonds is 13. The van der Waals surface area contributed by atoms with Crippen molar-refractivity contribution in [3.05, 3.63) is 0 Å². The molecule has 1 unspecified atom stereocenters. The predicted octanol–water partition coefficient (Wildman–Crippen LogP) is 2.23. The van der Waals surface area contributed by atoms with Crippen LogP contribution in [0.1, 0.15) is 52.4 Å². The Morgan fingerprint density at radius 1 is 1.00 bits per heavy atom. The number of hydrogen-bond acceptors (Lipinski definition) is 9. The lowest BCUT2D eigenvalue weighted by Crippen LogP contribution is -2.46. The van der Waals surface area contributed by atoms with Crippen LogP contribution in [-0.4, -0.2) is 84.6 Å². The summed E-state index contributed by atoms with van der Waals surface area (Å²) in [5, 5.41) is 6.41. The molecule has 3 rings (SSSR count). The first kappa shape index (κ1) is 23.5. The average Bonchev–Trinajstić information content (AvgIpc) is 3.14. The van der Waals surface area contributed by atoms with Crippen molar-refractivity contribution in [2.75, 3.05) is 73.6 Å². The summed E-state index contributed by atoms with van der Waals surface area (Å²) in [6.45, 7) is 13.0. The number of nitrogens with one attached hydrogen (secondary N) is 2. The van der Waals surface area contributed by atoms with Gasteiger partial charge >= 0.3 is 0 Å². The Morgan fingerprint density at radius 3 is 2.29 bits per heavy atom. The van der Waals surface area contributed by atoms with Crippen molar-refractivity contribution in [3.63, 3.8) is 0 Å². The molecule has 1 atom stereocenters. The molecule has 1 saturated heterocycles. The molecule has 0 aliphatic carbocycles. The first-order valence-corrected chi connectivity index (χ1v) is 12.0. The third kappa shape index (κ3) is 6.43. The molecule has 0 bridgehead atoms. The smallest absolute Gasteiger partial charge is 0.226 e. The van der Waals surface area contributed by atoms with Gasteiger partial charge in [-0.15, -0.1) is 0 Å². The maximum atomic E-state index is 11.7. The van der Waals surface area contributed by atoms with Gasteiger partial charge in [0.15, 0.2) is 24.1 Å². The highest BCUT2D eigenvalue weighted by atomic mass is 16.1. The molecule has 9 heteroatoms. The van der Waals surface area contributed by atoms with Gasteiger partial charge in [-0.25, -0.2) is 0 Å². The zero-order chi connectivity index (χ0) is 22.1. The lowest BCUT2D eigenvalue weighted by molar-refractivity contribution is -0.108. The third-order valence-corrected chi connectivity index (χ3v) is 6.18. The van der Waals surface area contributed by atoms with Crippen LogP contribution in [0.3, 0.4) is 0 Å². The largest absolute Gasteiger partial charge is 0.382 e. The second kappa shape index (κ2) is 12.0. The number of aromatic nitrogens is 2. The molecule has 0 spiro atoms. The van der Waals surface area contributed by atoms with Gasteiger partial charge in [0.25, 0.3) is 0 Å². The van der Waals surface area contributed by atoms with Crippen LogP contribution in [0.25, 0.3) is 0 Å². The Morgan fingerprint density at radius 2 is 1.65 bits per heavy atom. The van der Waals surface area contributed by atoms with Crippen molar-refractivity contribution < 1.29 is 4.79 Å². The fourth-order valence-corrected chi connectivity index (χ4v) is 4.21. The van der Waals surface area contributed by atoms with Crippen LogP contribution < -0.4 is 21.3 Å². The van der Waals surface area contributed by atoms with Crippen molar-refractivity contribution in [2.45, 2.75) is 58.5 Å². The number of piperazine rings is 1. The van der Waals surface area contributed by atoms with Crippen molar-refractivity contribution in [2.24, 2.45) is 0 Å². The van der Waals surface area contributed by atoms with E-state index >= 15 is 0 Å².